The highest BCUT2D eigenvalue weighted by molar-refractivity contribution is 5.37. The standard InChI is InChI=1S/C11H14O/c1-7-8(2)11(12)10-6-4-3-5-9(7)10/h3-8,11-12H,1-2H3. The maximum Gasteiger partial charge on any atom is 0.0824 e. The van der Waals surface area contributed by atoms with Gasteiger partial charge in [-0.05, 0) is 23.0 Å². The normalized spacial score (nSPS) is 33.4. The summed E-state index contributed by atoms with van der Waals surface area (Å²) in [6.07, 6.45) is -0.254. The Morgan fingerprint density at radius 2 is 1.67 bits per heavy atom. The summed E-state index contributed by atoms with van der Waals surface area (Å²) >= 11 is 0. The third kappa shape index (κ3) is 0.896. The van der Waals surface area contributed by atoms with E-state index in [0.29, 0.717) is 11.8 Å². The minimum atomic E-state index is -0.254. The SMILES string of the molecule is CC1c2ccccc2C(O)C1C. The molecule has 1 N–H and O–H groups in total. The van der Waals surface area contributed by atoms with E-state index in [2.05, 4.69) is 19.9 Å². The highest BCUT2D eigenvalue weighted by Gasteiger charge is 2.33. The van der Waals surface area contributed by atoms with Crippen LogP contribution in [0.3, 0.4) is 0 Å². The fourth-order valence-electron chi connectivity index (χ4n) is 2.03. The van der Waals surface area contributed by atoms with Gasteiger partial charge in [-0.25, -0.2) is 0 Å². The van der Waals surface area contributed by atoms with Crippen LogP contribution in [-0.2, 0) is 0 Å². The van der Waals surface area contributed by atoms with Gasteiger partial charge in [0.1, 0.15) is 0 Å². The van der Waals surface area contributed by atoms with Gasteiger partial charge in [0.05, 0.1) is 6.10 Å². The van der Waals surface area contributed by atoms with Gasteiger partial charge in [-0.3, -0.25) is 0 Å². The van der Waals surface area contributed by atoms with Crippen LogP contribution in [0, 0.1) is 5.92 Å². The molecule has 2 rings (SSSR count). The minimum absolute atomic E-state index is 0.254. The average Bonchev–Trinajstić information content (AvgIpc) is 2.33. The van der Waals surface area contributed by atoms with Crippen LogP contribution >= 0.6 is 0 Å². The van der Waals surface area contributed by atoms with Gasteiger partial charge < -0.3 is 5.11 Å². The highest BCUT2D eigenvalue weighted by atomic mass is 16.3. The summed E-state index contributed by atoms with van der Waals surface area (Å²) in [4.78, 5) is 0. The molecule has 0 bridgehead atoms. The van der Waals surface area contributed by atoms with Gasteiger partial charge in [0.2, 0.25) is 0 Å². The lowest BCUT2D eigenvalue weighted by Crippen LogP contribution is -2.04. The van der Waals surface area contributed by atoms with E-state index in [1.54, 1.807) is 0 Å². The lowest BCUT2D eigenvalue weighted by molar-refractivity contribution is 0.123. The molecule has 0 spiro atoms. The monoisotopic (exact) mass is 162 g/mol. The molecular formula is C11H14O. The van der Waals surface area contributed by atoms with Crippen molar-refractivity contribution in [2.75, 3.05) is 0 Å². The number of hydrogen-bond donors (Lipinski definition) is 1. The Balaban J connectivity index is 2.52. The Hall–Kier alpha value is -0.820. The van der Waals surface area contributed by atoms with Crippen molar-refractivity contribution in [3.63, 3.8) is 0 Å². The second-order valence-corrected chi connectivity index (χ2v) is 3.72. The fraction of sp³-hybridized carbons (Fsp3) is 0.455. The molecule has 1 aliphatic rings. The van der Waals surface area contributed by atoms with Crippen molar-refractivity contribution in [2.45, 2.75) is 25.9 Å². The molecular weight excluding hydrogens is 148 g/mol. The van der Waals surface area contributed by atoms with E-state index < -0.39 is 0 Å². The Morgan fingerprint density at radius 1 is 1.08 bits per heavy atom. The molecule has 0 aliphatic heterocycles. The second-order valence-electron chi connectivity index (χ2n) is 3.72. The van der Waals surface area contributed by atoms with Crippen molar-refractivity contribution in [1.29, 1.82) is 0 Å². The zero-order valence-corrected chi connectivity index (χ0v) is 7.49. The van der Waals surface area contributed by atoms with Gasteiger partial charge in [0, 0.05) is 0 Å². The van der Waals surface area contributed by atoms with Crippen LogP contribution in [0.25, 0.3) is 0 Å². The van der Waals surface area contributed by atoms with Crippen molar-refractivity contribution < 1.29 is 5.11 Å². The first kappa shape index (κ1) is 7.81. The van der Waals surface area contributed by atoms with Gasteiger partial charge in [-0.1, -0.05) is 38.1 Å². The molecule has 1 heteroatoms. The van der Waals surface area contributed by atoms with Crippen LogP contribution in [0.4, 0.5) is 0 Å². The van der Waals surface area contributed by atoms with Crippen LogP contribution < -0.4 is 0 Å². The first-order chi connectivity index (χ1) is 5.72. The molecule has 12 heavy (non-hydrogen) atoms. The third-order valence-corrected chi connectivity index (χ3v) is 3.09. The molecule has 0 saturated carbocycles. The number of aliphatic hydroxyl groups is 1. The number of fused-ring (bicyclic) bond motifs is 1. The Bertz CT molecular complexity index is 264. The molecule has 3 unspecified atom stereocenters. The van der Waals surface area contributed by atoms with Gasteiger partial charge >= 0.3 is 0 Å². The topological polar surface area (TPSA) is 20.2 Å². The van der Waals surface area contributed by atoms with E-state index in [1.165, 1.54) is 5.56 Å². The van der Waals surface area contributed by atoms with E-state index in [4.69, 9.17) is 0 Å². The fourth-order valence-corrected chi connectivity index (χ4v) is 2.03. The molecule has 1 aliphatic carbocycles. The lowest BCUT2D eigenvalue weighted by Gasteiger charge is -2.12. The molecule has 3 atom stereocenters. The molecule has 64 valence electrons. The van der Waals surface area contributed by atoms with E-state index in [0.717, 1.165) is 5.56 Å². The first-order valence-corrected chi connectivity index (χ1v) is 4.48. The molecule has 0 fully saturated rings. The van der Waals surface area contributed by atoms with E-state index in [1.807, 2.05) is 18.2 Å². The van der Waals surface area contributed by atoms with Crippen molar-refractivity contribution in [3.8, 4) is 0 Å². The quantitative estimate of drug-likeness (QED) is 0.621. The zero-order valence-electron chi connectivity index (χ0n) is 7.49. The zero-order chi connectivity index (χ0) is 8.72. The van der Waals surface area contributed by atoms with Crippen molar-refractivity contribution in [2.24, 2.45) is 5.92 Å². The largest absolute Gasteiger partial charge is 0.388 e. The van der Waals surface area contributed by atoms with Gasteiger partial charge in [0.25, 0.3) is 0 Å². The van der Waals surface area contributed by atoms with E-state index in [9.17, 15) is 5.11 Å². The maximum absolute atomic E-state index is 9.82. The summed E-state index contributed by atoms with van der Waals surface area (Å²) in [6, 6.07) is 8.18. The number of benzene rings is 1. The molecule has 0 saturated heterocycles. The summed E-state index contributed by atoms with van der Waals surface area (Å²) < 4.78 is 0. The number of hydrogen-bond acceptors (Lipinski definition) is 1. The van der Waals surface area contributed by atoms with Gasteiger partial charge in [-0.2, -0.15) is 0 Å². The Morgan fingerprint density at radius 3 is 2.25 bits per heavy atom. The Labute approximate surface area is 73.0 Å². The summed E-state index contributed by atoms with van der Waals surface area (Å²) in [6.45, 7) is 4.29. The lowest BCUT2D eigenvalue weighted by atomic mass is 9.96. The summed E-state index contributed by atoms with van der Waals surface area (Å²) in [7, 11) is 0. The average molecular weight is 162 g/mol. The predicted molar refractivity (Wildman–Crippen MR) is 49.0 cm³/mol. The molecule has 1 aromatic rings. The van der Waals surface area contributed by atoms with E-state index >= 15 is 0 Å². The molecule has 1 nitrogen and oxygen atoms in total. The molecule has 0 aromatic heterocycles. The minimum Gasteiger partial charge on any atom is -0.388 e. The molecule has 0 amide bonds. The molecule has 0 heterocycles. The number of rotatable bonds is 0. The van der Waals surface area contributed by atoms with Crippen molar-refractivity contribution >= 4 is 0 Å². The van der Waals surface area contributed by atoms with Crippen LogP contribution in [0.5, 0.6) is 0 Å². The second kappa shape index (κ2) is 2.60. The third-order valence-electron chi connectivity index (χ3n) is 3.09. The van der Waals surface area contributed by atoms with Gasteiger partial charge in [0.15, 0.2) is 0 Å². The van der Waals surface area contributed by atoms with Crippen LogP contribution in [0.2, 0.25) is 0 Å². The maximum atomic E-state index is 9.82. The van der Waals surface area contributed by atoms with Crippen molar-refractivity contribution in [3.05, 3.63) is 35.4 Å². The molecule has 0 radical (unpaired) electrons. The Kier molecular flexibility index (Phi) is 1.69. The van der Waals surface area contributed by atoms with E-state index in [-0.39, 0.29) is 6.10 Å². The first-order valence-electron chi connectivity index (χ1n) is 4.48. The van der Waals surface area contributed by atoms with Crippen molar-refractivity contribution in [1.82, 2.24) is 0 Å². The smallest absolute Gasteiger partial charge is 0.0824 e. The highest BCUT2D eigenvalue weighted by Crippen LogP contribution is 2.44. The molecule has 1 aromatic carbocycles. The van der Waals surface area contributed by atoms with Crippen LogP contribution in [-0.4, -0.2) is 5.11 Å². The predicted octanol–water partition coefficient (Wildman–Crippen LogP) is 2.47. The summed E-state index contributed by atoms with van der Waals surface area (Å²) in [5.74, 6) is 0.860. The summed E-state index contributed by atoms with van der Waals surface area (Å²) in [5, 5.41) is 9.82. The summed E-state index contributed by atoms with van der Waals surface area (Å²) in [5.41, 5.74) is 2.44. The van der Waals surface area contributed by atoms with Crippen LogP contribution in [0.15, 0.2) is 24.3 Å². The number of aliphatic hydroxyl groups excluding tert-OH is 1. The van der Waals surface area contributed by atoms with Crippen LogP contribution in [0.1, 0.15) is 37.0 Å². The van der Waals surface area contributed by atoms with Gasteiger partial charge in [-0.15, -0.1) is 0 Å².